The fourth-order valence-corrected chi connectivity index (χ4v) is 5.12. The van der Waals surface area contributed by atoms with Crippen LogP contribution in [0.1, 0.15) is 29.6 Å². The van der Waals surface area contributed by atoms with E-state index in [2.05, 4.69) is 10.2 Å². The number of piperidine rings is 1. The van der Waals surface area contributed by atoms with Gasteiger partial charge in [-0.25, -0.2) is 0 Å². The normalized spacial score (nSPS) is 20.7. The first-order valence-corrected chi connectivity index (χ1v) is 11.5. The summed E-state index contributed by atoms with van der Waals surface area (Å²) in [6.07, 6.45) is 3.15. The van der Waals surface area contributed by atoms with Gasteiger partial charge in [-0.2, -0.15) is 0 Å². The van der Waals surface area contributed by atoms with Gasteiger partial charge in [-0.15, -0.1) is 0 Å². The van der Waals surface area contributed by atoms with E-state index in [1.807, 2.05) is 42.5 Å². The number of likely N-dealkylation sites (tertiary alicyclic amines) is 1. The summed E-state index contributed by atoms with van der Waals surface area (Å²) in [5.41, 5.74) is 0.650. The molecule has 29 heavy (non-hydrogen) atoms. The minimum absolute atomic E-state index is 0.0337. The van der Waals surface area contributed by atoms with Gasteiger partial charge in [-0.05, 0) is 55.5 Å². The highest BCUT2D eigenvalue weighted by atomic mass is 35.5. The molecule has 154 valence electrons. The Morgan fingerprint density at radius 1 is 1.14 bits per heavy atom. The van der Waals surface area contributed by atoms with Gasteiger partial charge < -0.3 is 15.0 Å². The van der Waals surface area contributed by atoms with E-state index in [9.17, 15) is 4.79 Å². The molecule has 0 aliphatic carbocycles. The molecule has 0 saturated carbocycles. The van der Waals surface area contributed by atoms with Gasteiger partial charge in [0.1, 0.15) is 0 Å². The van der Waals surface area contributed by atoms with E-state index in [0.717, 1.165) is 55.5 Å². The average molecular weight is 431 g/mol. The molecule has 1 unspecified atom stereocenters. The quantitative estimate of drug-likeness (QED) is 0.719. The number of hydrogen-bond donors (Lipinski definition) is 1. The predicted octanol–water partition coefficient (Wildman–Crippen LogP) is 4.72. The zero-order valence-corrected chi connectivity index (χ0v) is 18.1. The van der Waals surface area contributed by atoms with Gasteiger partial charge in [0.25, 0.3) is 5.91 Å². The van der Waals surface area contributed by atoms with Crippen molar-refractivity contribution in [2.45, 2.75) is 35.1 Å². The second kappa shape index (κ2) is 9.98. The number of amides is 1. The molecule has 2 aliphatic heterocycles. The summed E-state index contributed by atoms with van der Waals surface area (Å²) < 4.78 is 5.49. The largest absolute Gasteiger partial charge is 0.381 e. The number of nitrogens with zero attached hydrogens (tertiary/aromatic N) is 1. The third-order valence-electron chi connectivity index (χ3n) is 5.62. The summed E-state index contributed by atoms with van der Waals surface area (Å²) in [6, 6.07) is 15.9. The number of ether oxygens (including phenoxy) is 1. The van der Waals surface area contributed by atoms with Crippen LogP contribution in [0.25, 0.3) is 0 Å². The number of halogens is 1. The lowest BCUT2D eigenvalue weighted by Gasteiger charge is -2.33. The van der Waals surface area contributed by atoms with Crippen molar-refractivity contribution >= 4 is 29.3 Å². The predicted molar refractivity (Wildman–Crippen MR) is 118 cm³/mol. The Morgan fingerprint density at radius 2 is 1.93 bits per heavy atom. The van der Waals surface area contributed by atoms with Gasteiger partial charge >= 0.3 is 0 Å². The molecule has 0 radical (unpaired) electrons. The van der Waals surface area contributed by atoms with Crippen molar-refractivity contribution in [1.82, 2.24) is 10.2 Å². The molecule has 2 saturated heterocycles. The first-order valence-electron chi connectivity index (χ1n) is 10.3. The molecule has 2 heterocycles. The van der Waals surface area contributed by atoms with Crippen LogP contribution in [0.2, 0.25) is 5.02 Å². The zero-order chi connectivity index (χ0) is 20.1. The smallest absolute Gasteiger partial charge is 0.252 e. The molecule has 2 aliphatic rings. The van der Waals surface area contributed by atoms with Crippen molar-refractivity contribution < 1.29 is 9.53 Å². The number of carbonyl (C=O) groups excluding carboxylic acids is 1. The molecule has 0 spiro atoms. The Kier molecular flexibility index (Phi) is 7.14. The van der Waals surface area contributed by atoms with Crippen LogP contribution in [0.15, 0.2) is 58.3 Å². The highest BCUT2D eigenvalue weighted by Crippen LogP contribution is 2.32. The zero-order valence-electron chi connectivity index (χ0n) is 16.5. The molecule has 2 fully saturated rings. The Labute approximate surface area is 182 Å². The van der Waals surface area contributed by atoms with Gasteiger partial charge in [-0.3, -0.25) is 4.79 Å². The molecule has 1 atom stereocenters. The number of benzene rings is 2. The van der Waals surface area contributed by atoms with Crippen molar-refractivity contribution in [3.05, 3.63) is 59.1 Å². The maximum Gasteiger partial charge on any atom is 0.252 e. The summed E-state index contributed by atoms with van der Waals surface area (Å²) >= 11 is 7.79. The molecule has 0 aromatic heterocycles. The first-order chi connectivity index (χ1) is 14.2. The van der Waals surface area contributed by atoms with Crippen LogP contribution in [0.4, 0.5) is 0 Å². The Balaban J connectivity index is 1.35. The minimum atomic E-state index is -0.0337. The molecule has 4 nitrogen and oxygen atoms in total. The number of carbonyl (C=O) groups is 1. The summed E-state index contributed by atoms with van der Waals surface area (Å²) in [5.74, 6) is 0.638. The standard InChI is InChI=1S/C23H27ClN2O2S/c24-18-6-7-22(29-20-4-2-1-3-5-20)21(14-18)23(27)25-19-8-11-26(12-9-19)15-17-10-13-28-16-17/h1-7,14,17,19H,8-13,15-16H2,(H,25,27). The SMILES string of the molecule is O=C(NC1CCN(CC2CCOC2)CC1)c1cc(Cl)ccc1Sc1ccccc1. The van der Waals surface area contributed by atoms with Crippen LogP contribution in [0.5, 0.6) is 0 Å². The monoisotopic (exact) mass is 430 g/mol. The number of hydrogen-bond acceptors (Lipinski definition) is 4. The molecule has 2 aromatic carbocycles. The highest BCUT2D eigenvalue weighted by molar-refractivity contribution is 7.99. The van der Waals surface area contributed by atoms with Crippen LogP contribution in [-0.4, -0.2) is 49.7 Å². The van der Waals surface area contributed by atoms with E-state index in [0.29, 0.717) is 16.5 Å². The molecule has 0 bridgehead atoms. The average Bonchev–Trinajstić information content (AvgIpc) is 3.24. The van der Waals surface area contributed by atoms with Crippen LogP contribution in [-0.2, 0) is 4.74 Å². The topological polar surface area (TPSA) is 41.6 Å². The minimum Gasteiger partial charge on any atom is -0.381 e. The van der Waals surface area contributed by atoms with Gasteiger partial charge in [0.15, 0.2) is 0 Å². The highest BCUT2D eigenvalue weighted by Gasteiger charge is 2.25. The van der Waals surface area contributed by atoms with Crippen LogP contribution in [0.3, 0.4) is 0 Å². The summed E-state index contributed by atoms with van der Waals surface area (Å²) in [5, 5.41) is 3.82. The lowest BCUT2D eigenvalue weighted by atomic mass is 10.0. The lowest BCUT2D eigenvalue weighted by Crippen LogP contribution is -2.46. The van der Waals surface area contributed by atoms with Crippen LogP contribution in [0, 0.1) is 5.92 Å². The second-order valence-electron chi connectivity index (χ2n) is 7.83. The van der Waals surface area contributed by atoms with E-state index in [4.69, 9.17) is 16.3 Å². The Bertz CT molecular complexity index is 819. The fourth-order valence-electron chi connectivity index (χ4n) is 4.00. The van der Waals surface area contributed by atoms with E-state index < -0.39 is 0 Å². The summed E-state index contributed by atoms with van der Waals surface area (Å²) in [7, 11) is 0. The molecule has 6 heteroatoms. The van der Waals surface area contributed by atoms with Crippen molar-refractivity contribution in [2.75, 3.05) is 32.8 Å². The van der Waals surface area contributed by atoms with Crippen LogP contribution < -0.4 is 5.32 Å². The van der Waals surface area contributed by atoms with E-state index >= 15 is 0 Å². The molecule has 2 aromatic rings. The van der Waals surface area contributed by atoms with Crippen molar-refractivity contribution in [2.24, 2.45) is 5.92 Å². The molecule has 1 amide bonds. The maximum absolute atomic E-state index is 13.0. The summed E-state index contributed by atoms with van der Waals surface area (Å²) in [6.45, 7) is 4.98. The summed E-state index contributed by atoms with van der Waals surface area (Å²) in [4.78, 5) is 17.6. The fraction of sp³-hybridized carbons (Fsp3) is 0.435. The molecule has 4 rings (SSSR count). The van der Waals surface area contributed by atoms with Crippen molar-refractivity contribution in [1.29, 1.82) is 0 Å². The molecule has 1 N–H and O–H groups in total. The van der Waals surface area contributed by atoms with Gasteiger partial charge in [0.2, 0.25) is 0 Å². The van der Waals surface area contributed by atoms with Crippen molar-refractivity contribution in [3.8, 4) is 0 Å². The first kappa shape index (κ1) is 20.7. The van der Waals surface area contributed by atoms with E-state index in [1.54, 1.807) is 17.8 Å². The van der Waals surface area contributed by atoms with Crippen molar-refractivity contribution in [3.63, 3.8) is 0 Å². The van der Waals surface area contributed by atoms with E-state index in [-0.39, 0.29) is 11.9 Å². The molecular weight excluding hydrogens is 404 g/mol. The second-order valence-corrected chi connectivity index (χ2v) is 9.39. The lowest BCUT2D eigenvalue weighted by molar-refractivity contribution is 0.0900. The third kappa shape index (κ3) is 5.76. The maximum atomic E-state index is 13.0. The Hall–Kier alpha value is -1.53. The van der Waals surface area contributed by atoms with Gasteiger partial charge in [0, 0.05) is 47.1 Å². The third-order valence-corrected chi connectivity index (χ3v) is 6.94. The number of rotatable bonds is 6. The van der Waals surface area contributed by atoms with E-state index in [1.165, 1.54) is 6.42 Å². The molecular formula is C23H27ClN2O2S. The van der Waals surface area contributed by atoms with Gasteiger partial charge in [-0.1, -0.05) is 41.6 Å². The van der Waals surface area contributed by atoms with Gasteiger partial charge in [0.05, 0.1) is 12.2 Å². The Morgan fingerprint density at radius 3 is 2.66 bits per heavy atom. The number of nitrogens with one attached hydrogen (secondary N) is 1. The van der Waals surface area contributed by atoms with Crippen LogP contribution >= 0.6 is 23.4 Å².